The summed E-state index contributed by atoms with van der Waals surface area (Å²) in [5, 5.41) is 7.80. The Hall–Kier alpha value is -1.50. The summed E-state index contributed by atoms with van der Waals surface area (Å²) in [6, 6.07) is 0. The van der Waals surface area contributed by atoms with E-state index in [0.717, 1.165) is 12.4 Å². The van der Waals surface area contributed by atoms with Gasteiger partial charge in [0.25, 0.3) is 0 Å². The quantitative estimate of drug-likeness (QED) is 0.763. The molecule has 0 saturated carbocycles. The first-order valence-electron chi connectivity index (χ1n) is 5.58. The van der Waals surface area contributed by atoms with Gasteiger partial charge in [-0.25, -0.2) is 0 Å². The van der Waals surface area contributed by atoms with Gasteiger partial charge in [-0.2, -0.15) is 0 Å². The summed E-state index contributed by atoms with van der Waals surface area (Å²) in [6.45, 7) is 3.77. The van der Waals surface area contributed by atoms with Crippen molar-refractivity contribution in [2.24, 2.45) is 11.7 Å². The van der Waals surface area contributed by atoms with Crippen LogP contribution >= 0.6 is 12.2 Å². The Morgan fingerprint density at radius 2 is 2.41 bits per heavy atom. The molecule has 7 heteroatoms. The Kier molecular flexibility index (Phi) is 3.37. The third-order valence-corrected chi connectivity index (χ3v) is 3.28. The van der Waals surface area contributed by atoms with Gasteiger partial charge < -0.3 is 15.2 Å². The van der Waals surface area contributed by atoms with Crippen molar-refractivity contribution < 1.29 is 4.79 Å². The molecule has 2 heterocycles. The third-order valence-electron chi connectivity index (χ3n) is 3.00. The third kappa shape index (κ3) is 2.28. The summed E-state index contributed by atoms with van der Waals surface area (Å²) < 4.78 is 1.95. The summed E-state index contributed by atoms with van der Waals surface area (Å²) in [6.07, 6.45) is 2.32. The zero-order chi connectivity index (χ0) is 12.4. The first-order chi connectivity index (χ1) is 8.13. The molecule has 92 valence electrons. The number of carbonyl (C=O) groups is 1. The molecule has 0 bridgehead atoms. The molecule has 1 aromatic heterocycles. The van der Waals surface area contributed by atoms with E-state index >= 15 is 0 Å². The SMILES string of the molecule is CCC(C(=O)N1CCn2cnnc2C1)C(N)=S. The number of hydrogen-bond donors (Lipinski definition) is 1. The summed E-state index contributed by atoms with van der Waals surface area (Å²) >= 11 is 4.92. The van der Waals surface area contributed by atoms with Gasteiger partial charge in [-0.1, -0.05) is 19.1 Å². The summed E-state index contributed by atoms with van der Waals surface area (Å²) in [4.78, 5) is 14.2. The van der Waals surface area contributed by atoms with Crippen LogP contribution in [0, 0.1) is 5.92 Å². The van der Waals surface area contributed by atoms with Crippen molar-refractivity contribution in [3.05, 3.63) is 12.2 Å². The van der Waals surface area contributed by atoms with Crippen molar-refractivity contribution in [2.75, 3.05) is 6.54 Å². The van der Waals surface area contributed by atoms with E-state index in [1.807, 2.05) is 11.5 Å². The zero-order valence-electron chi connectivity index (χ0n) is 9.67. The van der Waals surface area contributed by atoms with E-state index in [9.17, 15) is 4.79 Å². The van der Waals surface area contributed by atoms with Gasteiger partial charge in [0.05, 0.1) is 17.5 Å². The summed E-state index contributed by atoms with van der Waals surface area (Å²) in [7, 11) is 0. The van der Waals surface area contributed by atoms with Gasteiger partial charge in [0.1, 0.15) is 6.33 Å². The van der Waals surface area contributed by atoms with E-state index in [1.165, 1.54) is 0 Å². The Morgan fingerprint density at radius 3 is 3.06 bits per heavy atom. The number of amides is 1. The molecular formula is C10H15N5OS. The number of rotatable bonds is 3. The van der Waals surface area contributed by atoms with E-state index < -0.39 is 0 Å². The minimum atomic E-state index is -0.362. The molecular weight excluding hydrogens is 238 g/mol. The molecule has 0 spiro atoms. The molecule has 0 fully saturated rings. The van der Waals surface area contributed by atoms with E-state index in [0.29, 0.717) is 19.5 Å². The highest BCUT2D eigenvalue weighted by Crippen LogP contribution is 2.14. The van der Waals surface area contributed by atoms with Crippen molar-refractivity contribution >= 4 is 23.1 Å². The smallest absolute Gasteiger partial charge is 0.232 e. The lowest BCUT2D eigenvalue weighted by molar-refractivity contribution is -0.134. The Balaban J connectivity index is 2.10. The molecule has 6 nitrogen and oxygen atoms in total. The molecule has 0 radical (unpaired) electrons. The topological polar surface area (TPSA) is 77.0 Å². The van der Waals surface area contributed by atoms with Crippen molar-refractivity contribution in [3.8, 4) is 0 Å². The monoisotopic (exact) mass is 253 g/mol. The van der Waals surface area contributed by atoms with Gasteiger partial charge in [0.2, 0.25) is 5.91 Å². The van der Waals surface area contributed by atoms with Gasteiger partial charge >= 0.3 is 0 Å². The van der Waals surface area contributed by atoms with Crippen LogP contribution in [0.25, 0.3) is 0 Å². The Bertz CT molecular complexity index is 444. The predicted molar refractivity (Wildman–Crippen MR) is 66.0 cm³/mol. The second-order valence-electron chi connectivity index (χ2n) is 4.06. The largest absolute Gasteiger partial charge is 0.393 e. The molecule has 2 rings (SSSR count). The van der Waals surface area contributed by atoms with E-state index in [2.05, 4.69) is 10.2 Å². The number of carbonyl (C=O) groups excluding carboxylic acids is 1. The van der Waals surface area contributed by atoms with Crippen molar-refractivity contribution in [1.82, 2.24) is 19.7 Å². The molecule has 1 unspecified atom stereocenters. The Labute approximate surface area is 105 Å². The van der Waals surface area contributed by atoms with Crippen LogP contribution in [0.3, 0.4) is 0 Å². The summed E-state index contributed by atoms with van der Waals surface area (Å²) in [5.74, 6) is 0.441. The number of thiocarbonyl (C=S) groups is 1. The average molecular weight is 253 g/mol. The van der Waals surface area contributed by atoms with Crippen LogP contribution in [0.1, 0.15) is 19.2 Å². The van der Waals surface area contributed by atoms with E-state index in [4.69, 9.17) is 18.0 Å². The van der Waals surface area contributed by atoms with Gasteiger partial charge in [-0.3, -0.25) is 4.79 Å². The fraction of sp³-hybridized carbons (Fsp3) is 0.600. The fourth-order valence-corrected chi connectivity index (χ4v) is 2.24. The molecule has 2 N–H and O–H groups in total. The minimum Gasteiger partial charge on any atom is -0.393 e. The molecule has 1 amide bonds. The van der Waals surface area contributed by atoms with Gasteiger partial charge in [-0.15, -0.1) is 10.2 Å². The van der Waals surface area contributed by atoms with Crippen LogP contribution in [0.2, 0.25) is 0 Å². The average Bonchev–Trinajstić information content (AvgIpc) is 2.75. The number of fused-ring (bicyclic) bond motifs is 1. The first kappa shape index (κ1) is 12.0. The van der Waals surface area contributed by atoms with Crippen LogP contribution in [0.15, 0.2) is 6.33 Å². The first-order valence-corrected chi connectivity index (χ1v) is 5.99. The fourth-order valence-electron chi connectivity index (χ4n) is 1.97. The molecule has 1 aromatic rings. The maximum absolute atomic E-state index is 12.2. The molecule has 1 aliphatic rings. The van der Waals surface area contributed by atoms with E-state index in [-0.39, 0.29) is 16.8 Å². The highest BCUT2D eigenvalue weighted by molar-refractivity contribution is 7.80. The van der Waals surface area contributed by atoms with Gasteiger partial charge in [-0.05, 0) is 6.42 Å². The van der Waals surface area contributed by atoms with Crippen LogP contribution in [0.4, 0.5) is 0 Å². The molecule has 1 atom stereocenters. The highest BCUT2D eigenvalue weighted by Gasteiger charge is 2.28. The Morgan fingerprint density at radius 1 is 1.65 bits per heavy atom. The number of nitrogens with two attached hydrogens (primary N) is 1. The molecule has 0 aromatic carbocycles. The normalized spacial score (nSPS) is 16.4. The van der Waals surface area contributed by atoms with E-state index in [1.54, 1.807) is 11.2 Å². The zero-order valence-corrected chi connectivity index (χ0v) is 10.5. The number of aromatic nitrogens is 3. The van der Waals surface area contributed by atoms with Crippen LogP contribution in [-0.4, -0.2) is 37.1 Å². The van der Waals surface area contributed by atoms with Gasteiger partial charge in [0, 0.05) is 13.1 Å². The van der Waals surface area contributed by atoms with Crippen LogP contribution in [0.5, 0.6) is 0 Å². The van der Waals surface area contributed by atoms with Gasteiger partial charge in [0.15, 0.2) is 5.82 Å². The highest BCUT2D eigenvalue weighted by atomic mass is 32.1. The lowest BCUT2D eigenvalue weighted by Gasteiger charge is -2.29. The standard InChI is InChI=1S/C10H15N5OS/c1-2-7(9(11)17)10(16)14-3-4-15-6-12-13-8(15)5-14/h6-7H,2-5H2,1H3,(H2,11,17). The van der Waals surface area contributed by atoms with Crippen molar-refractivity contribution in [2.45, 2.75) is 26.4 Å². The predicted octanol–water partition coefficient (Wildman–Crippen LogP) is -0.0674. The second-order valence-corrected chi connectivity index (χ2v) is 4.53. The van der Waals surface area contributed by atoms with Crippen LogP contribution in [-0.2, 0) is 17.9 Å². The molecule has 0 aliphatic carbocycles. The van der Waals surface area contributed by atoms with Crippen LogP contribution < -0.4 is 5.73 Å². The lowest BCUT2D eigenvalue weighted by Crippen LogP contribution is -2.44. The molecule has 17 heavy (non-hydrogen) atoms. The molecule has 1 aliphatic heterocycles. The maximum atomic E-state index is 12.2. The number of nitrogens with zero attached hydrogens (tertiary/aromatic N) is 4. The summed E-state index contributed by atoms with van der Waals surface area (Å²) in [5.41, 5.74) is 5.58. The lowest BCUT2D eigenvalue weighted by atomic mass is 10.0. The minimum absolute atomic E-state index is 0.00532. The molecule has 0 saturated heterocycles. The van der Waals surface area contributed by atoms with Crippen molar-refractivity contribution in [1.29, 1.82) is 0 Å². The second kappa shape index (κ2) is 4.79. The van der Waals surface area contributed by atoms with Crippen molar-refractivity contribution in [3.63, 3.8) is 0 Å². The number of hydrogen-bond acceptors (Lipinski definition) is 4. The maximum Gasteiger partial charge on any atom is 0.232 e.